The van der Waals surface area contributed by atoms with Crippen molar-refractivity contribution in [1.82, 2.24) is 5.32 Å². The molecule has 0 spiro atoms. The molecule has 1 aromatic rings. The van der Waals surface area contributed by atoms with E-state index in [0.29, 0.717) is 13.0 Å². The molecule has 0 aliphatic heterocycles. The van der Waals surface area contributed by atoms with Crippen LogP contribution in [0.5, 0.6) is 0 Å². The lowest BCUT2D eigenvalue weighted by atomic mass is 10.2. The van der Waals surface area contributed by atoms with Crippen molar-refractivity contribution in [3.05, 3.63) is 34.1 Å². The molecular weight excluding hydrogens is 305 g/mol. The minimum absolute atomic E-state index is 0.139. The van der Waals surface area contributed by atoms with E-state index < -0.39 is 11.9 Å². The number of ether oxygens (including phenoxy) is 1. The maximum atomic E-state index is 13.2. The summed E-state index contributed by atoms with van der Waals surface area (Å²) in [5, 5.41) is 12.0. The predicted molar refractivity (Wildman–Crippen MR) is 68.9 cm³/mol. The maximum absolute atomic E-state index is 13.2. The second kappa shape index (κ2) is 7.45. The molecular formula is C12H15BrFNO3. The fourth-order valence-electron chi connectivity index (χ4n) is 1.40. The van der Waals surface area contributed by atoms with Crippen molar-refractivity contribution < 1.29 is 19.0 Å². The van der Waals surface area contributed by atoms with Crippen molar-refractivity contribution in [3.63, 3.8) is 0 Å². The molecule has 100 valence electrons. The van der Waals surface area contributed by atoms with Crippen molar-refractivity contribution in [1.29, 1.82) is 0 Å². The van der Waals surface area contributed by atoms with E-state index in [-0.39, 0.29) is 22.6 Å². The number of carbonyl (C=O) groups excluding carboxylic acids is 1. The molecule has 1 unspecified atom stereocenters. The van der Waals surface area contributed by atoms with E-state index in [1.165, 1.54) is 25.3 Å². The number of halogens is 2. The van der Waals surface area contributed by atoms with Gasteiger partial charge in [0.1, 0.15) is 5.82 Å². The Balaban J connectivity index is 2.48. The third-order valence-electron chi connectivity index (χ3n) is 2.32. The summed E-state index contributed by atoms with van der Waals surface area (Å²) in [6, 6.07) is 4.26. The van der Waals surface area contributed by atoms with Gasteiger partial charge in [0.2, 0.25) is 0 Å². The Morgan fingerprint density at radius 2 is 2.33 bits per heavy atom. The average Bonchev–Trinajstić information content (AvgIpc) is 2.33. The largest absolute Gasteiger partial charge is 0.391 e. The number of hydrogen-bond acceptors (Lipinski definition) is 3. The number of hydrogen-bond donors (Lipinski definition) is 2. The minimum atomic E-state index is -0.619. The van der Waals surface area contributed by atoms with Gasteiger partial charge in [-0.2, -0.15) is 0 Å². The summed E-state index contributed by atoms with van der Waals surface area (Å²) in [4.78, 5) is 11.7. The first-order chi connectivity index (χ1) is 8.56. The van der Waals surface area contributed by atoms with Gasteiger partial charge in [0.25, 0.3) is 5.91 Å². The van der Waals surface area contributed by atoms with Gasteiger partial charge in [-0.1, -0.05) is 6.07 Å². The Morgan fingerprint density at radius 1 is 1.61 bits per heavy atom. The molecule has 1 aromatic carbocycles. The zero-order valence-electron chi connectivity index (χ0n) is 9.95. The maximum Gasteiger partial charge on any atom is 0.252 e. The molecule has 0 fully saturated rings. The van der Waals surface area contributed by atoms with Crippen LogP contribution in [0.15, 0.2) is 22.7 Å². The van der Waals surface area contributed by atoms with Crippen LogP contribution in [0, 0.1) is 5.82 Å². The molecule has 2 N–H and O–H groups in total. The highest BCUT2D eigenvalue weighted by atomic mass is 79.9. The predicted octanol–water partition coefficient (Wildman–Crippen LogP) is 1.72. The number of aliphatic hydroxyl groups is 1. The molecule has 0 heterocycles. The molecule has 4 nitrogen and oxygen atoms in total. The molecule has 0 radical (unpaired) electrons. The van der Waals surface area contributed by atoms with E-state index in [1.54, 1.807) is 0 Å². The van der Waals surface area contributed by atoms with E-state index >= 15 is 0 Å². The Bertz CT molecular complexity index is 414. The highest BCUT2D eigenvalue weighted by Gasteiger charge is 2.13. The number of carbonyl (C=O) groups is 1. The van der Waals surface area contributed by atoms with Crippen molar-refractivity contribution in [2.45, 2.75) is 12.5 Å². The van der Waals surface area contributed by atoms with Crippen LogP contribution < -0.4 is 5.32 Å². The first-order valence-electron chi connectivity index (χ1n) is 5.45. The van der Waals surface area contributed by atoms with Crippen LogP contribution in [0.2, 0.25) is 0 Å². The van der Waals surface area contributed by atoms with Gasteiger partial charge in [0.05, 0.1) is 22.7 Å². The summed E-state index contributed by atoms with van der Waals surface area (Å²) in [5.41, 5.74) is 0.233. The zero-order chi connectivity index (χ0) is 13.5. The van der Waals surface area contributed by atoms with Crippen LogP contribution in [0.1, 0.15) is 16.8 Å². The number of nitrogens with one attached hydrogen (secondary N) is 1. The lowest BCUT2D eigenvalue weighted by Gasteiger charge is -2.10. The van der Waals surface area contributed by atoms with E-state index in [1.807, 2.05) is 0 Å². The quantitative estimate of drug-likeness (QED) is 0.839. The number of rotatable bonds is 6. The molecule has 18 heavy (non-hydrogen) atoms. The lowest BCUT2D eigenvalue weighted by Crippen LogP contribution is -2.28. The van der Waals surface area contributed by atoms with Gasteiger partial charge in [0.15, 0.2) is 0 Å². The highest BCUT2D eigenvalue weighted by Crippen LogP contribution is 2.20. The van der Waals surface area contributed by atoms with E-state index in [0.717, 1.165) is 0 Å². The summed E-state index contributed by atoms with van der Waals surface area (Å²) < 4.78 is 18.1. The third kappa shape index (κ3) is 4.36. The molecule has 0 aliphatic rings. The first-order valence-corrected chi connectivity index (χ1v) is 6.24. The van der Waals surface area contributed by atoms with Crippen molar-refractivity contribution >= 4 is 21.8 Å². The van der Waals surface area contributed by atoms with Crippen LogP contribution in [0.25, 0.3) is 0 Å². The monoisotopic (exact) mass is 319 g/mol. The first kappa shape index (κ1) is 15.1. The average molecular weight is 320 g/mol. The minimum Gasteiger partial charge on any atom is -0.391 e. The molecule has 0 saturated carbocycles. The standard InChI is InChI=1S/C12H15BrFNO3/c1-18-7-8(16)5-6-15-12(17)9-3-2-4-10(14)11(9)13/h2-4,8,16H,5-7H2,1H3,(H,15,17). The molecule has 0 bridgehead atoms. The van der Waals surface area contributed by atoms with Gasteiger partial charge in [0, 0.05) is 13.7 Å². The van der Waals surface area contributed by atoms with Gasteiger partial charge in [-0.3, -0.25) is 4.79 Å². The SMILES string of the molecule is COCC(O)CCNC(=O)c1cccc(F)c1Br. The second-order valence-electron chi connectivity index (χ2n) is 3.76. The van der Waals surface area contributed by atoms with Gasteiger partial charge in [-0.25, -0.2) is 4.39 Å². The summed E-state index contributed by atoms with van der Waals surface area (Å²) >= 11 is 3.02. The lowest BCUT2D eigenvalue weighted by molar-refractivity contribution is 0.0587. The van der Waals surface area contributed by atoms with Gasteiger partial charge >= 0.3 is 0 Å². The van der Waals surface area contributed by atoms with Crippen LogP contribution in [0.3, 0.4) is 0 Å². The number of benzene rings is 1. The molecule has 0 aliphatic carbocycles. The Kier molecular flexibility index (Phi) is 6.24. The summed E-state index contributed by atoms with van der Waals surface area (Å²) in [6.07, 6.45) is -0.238. The van der Waals surface area contributed by atoms with Crippen LogP contribution >= 0.6 is 15.9 Å². The van der Waals surface area contributed by atoms with Crippen molar-refractivity contribution in [3.8, 4) is 0 Å². The second-order valence-corrected chi connectivity index (χ2v) is 4.55. The fraction of sp³-hybridized carbons (Fsp3) is 0.417. The number of aliphatic hydroxyl groups excluding tert-OH is 1. The Morgan fingerprint density at radius 3 is 3.00 bits per heavy atom. The molecule has 1 rings (SSSR count). The van der Waals surface area contributed by atoms with Crippen LogP contribution in [0.4, 0.5) is 4.39 Å². The smallest absolute Gasteiger partial charge is 0.252 e. The zero-order valence-corrected chi connectivity index (χ0v) is 11.5. The summed E-state index contributed by atoms with van der Waals surface area (Å²) in [6.45, 7) is 0.520. The molecule has 1 amide bonds. The molecule has 0 aromatic heterocycles. The summed E-state index contributed by atoms with van der Waals surface area (Å²) in [7, 11) is 1.49. The van der Waals surface area contributed by atoms with E-state index in [9.17, 15) is 14.3 Å². The molecule has 0 saturated heterocycles. The van der Waals surface area contributed by atoms with Gasteiger partial charge < -0.3 is 15.2 Å². The van der Waals surface area contributed by atoms with Gasteiger partial charge in [-0.05, 0) is 34.5 Å². The molecule has 1 atom stereocenters. The highest BCUT2D eigenvalue weighted by molar-refractivity contribution is 9.10. The van der Waals surface area contributed by atoms with Gasteiger partial charge in [-0.15, -0.1) is 0 Å². The fourth-order valence-corrected chi connectivity index (χ4v) is 1.85. The normalized spacial score (nSPS) is 12.2. The van der Waals surface area contributed by atoms with E-state index in [4.69, 9.17) is 4.74 Å². The number of methoxy groups -OCH3 is 1. The number of amides is 1. The van der Waals surface area contributed by atoms with Crippen molar-refractivity contribution in [2.24, 2.45) is 0 Å². The molecule has 6 heteroatoms. The third-order valence-corrected chi connectivity index (χ3v) is 3.12. The van der Waals surface area contributed by atoms with Crippen LogP contribution in [-0.2, 0) is 4.74 Å². The van der Waals surface area contributed by atoms with Crippen LogP contribution in [-0.4, -0.2) is 37.4 Å². The van der Waals surface area contributed by atoms with Crippen molar-refractivity contribution in [2.75, 3.05) is 20.3 Å². The topological polar surface area (TPSA) is 58.6 Å². The Labute approximate surface area is 113 Å². The summed E-state index contributed by atoms with van der Waals surface area (Å²) in [5.74, 6) is -0.868. The van der Waals surface area contributed by atoms with E-state index in [2.05, 4.69) is 21.2 Å². The Hall–Kier alpha value is -0.980.